The number of aliphatic hydroxyl groups is 2. The van der Waals surface area contributed by atoms with Crippen molar-refractivity contribution in [3.8, 4) is 0 Å². The first-order chi connectivity index (χ1) is 7.47. The predicted octanol–water partition coefficient (Wildman–Crippen LogP) is -0.227. The van der Waals surface area contributed by atoms with E-state index < -0.39 is 12.2 Å². The van der Waals surface area contributed by atoms with Crippen LogP contribution < -0.4 is 16.8 Å². The molecule has 0 spiro atoms. The minimum Gasteiger partial charge on any atom is -0.397 e. The lowest BCUT2D eigenvalue weighted by atomic mass is 9.98. The summed E-state index contributed by atoms with van der Waals surface area (Å²) >= 11 is 0. The highest BCUT2D eigenvalue weighted by Gasteiger charge is 2.20. The number of rotatable bonds is 4. The average molecular weight is 225 g/mol. The molecule has 0 bridgehead atoms. The highest BCUT2D eigenvalue weighted by atomic mass is 16.3. The fourth-order valence-corrected chi connectivity index (χ4v) is 1.61. The van der Waals surface area contributed by atoms with Crippen LogP contribution in [0.3, 0.4) is 0 Å². The first-order valence-electron chi connectivity index (χ1n) is 5.13. The molecular weight excluding hydrogens is 206 g/mol. The molecule has 0 heterocycles. The van der Waals surface area contributed by atoms with Crippen LogP contribution >= 0.6 is 0 Å². The Morgan fingerprint density at radius 1 is 1.25 bits per heavy atom. The number of benzene rings is 1. The molecule has 0 aliphatic rings. The van der Waals surface area contributed by atoms with Crippen LogP contribution in [0.25, 0.3) is 0 Å². The largest absolute Gasteiger partial charge is 0.397 e. The molecule has 0 amide bonds. The molecular formula is C11H19N3O2. The molecule has 7 N–H and O–H groups in total. The van der Waals surface area contributed by atoms with E-state index in [1.165, 1.54) is 0 Å². The number of nitrogens with two attached hydrogens (primary N) is 2. The second-order valence-electron chi connectivity index (χ2n) is 3.91. The molecule has 0 aliphatic carbocycles. The Morgan fingerprint density at radius 2 is 1.81 bits per heavy atom. The SMILES string of the molecule is CNCC(O)C(O)c1cc(N)c(N)cc1C. The van der Waals surface area contributed by atoms with Crippen molar-refractivity contribution in [2.75, 3.05) is 25.1 Å². The van der Waals surface area contributed by atoms with Crippen LogP contribution in [0.5, 0.6) is 0 Å². The van der Waals surface area contributed by atoms with Gasteiger partial charge in [0.1, 0.15) is 6.10 Å². The second-order valence-corrected chi connectivity index (χ2v) is 3.91. The quantitative estimate of drug-likeness (QED) is 0.455. The van der Waals surface area contributed by atoms with Crippen molar-refractivity contribution >= 4 is 11.4 Å². The molecule has 1 aromatic carbocycles. The summed E-state index contributed by atoms with van der Waals surface area (Å²) < 4.78 is 0. The Morgan fingerprint density at radius 3 is 2.38 bits per heavy atom. The fraction of sp³-hybridized carbons (Fsp3) is 0.455. The van der Waals surface area contributed by atoms with Gasteiger partial charge in [-0.3, -0.25) is 0 Å². The number of hydrogen-bond donors (Lipinski definition) is 5. The van der Waals surface area contributed by atoms with Crippen LogP contribution in [0.2, 0.25) is 0 Å². The molecule has 0 radical (unpaired) electrons. The van der Waals surface area contributed by atoms with Crippen LogP contribution in [-0.2, 0) is 0 Å². The maximum absolute atomic E-state index is 9.93. The predicted molar refractivity (Wildman–Crippen MR) is 64.9 cm³/mol. The van der Waals surface area contributed by atoms with Gasteiger partial charge in [-0.15, -0.1) is 0 Å². The maximum Gasteiger partial charge on any atom is 0.106 e. The fourth-order valence-electron chi connectivity index (χ4n) is 1.61. The third-order valence-electron chi connectivity index (χ3n) is 2.57. The van der Waals surface area contributed by atoms with E-state index >= 15 is 0 Å². The summed E-state index contributed by atoms with van der Waals surface area (Å²) in [4.78, 5) is 0. The lowest BCUT2D eigenvalue weighted by molar-refractivity contribution is 0.0199. The van der Waals surface area contributed by atoms with Crippen molar-refractivity contribution in [2.24, 2.45) is 0 Å². The van der Waals surface area contributed by atoms with Gasteiger partial charge in [0.25, 0.3) is 0 Å². The van der Waals surface area contributed by atoms with Gasteiger partial charge in [-0.2, -0.15) is 0 Å². The smallest absolute Gasteiger partial charge is 0.106 e. The number of aryl methyl sites for hydroxylation is 1. The molecule has 2 atom stereocenters. The van der Waals surface area contributed by atoms with Gasteiger partial charge in [0, 0.05) is 6.54 Å². The average Bonchev–Trinajstić information content (AvgIpc) is 2.23. The molecule has 0 fully saturated rings. The van der Waals surface area contributed by atoms with Crippen molar-refractivity contribution < 1.29 is 10.2 Å². The zero-order valence-electron chi connectivity index (χ0n) is 9.57. The lowest BCUT2D eigenvalue weighted by Gasteiger charge is -2.20. The van der Waals surface area contributed by atoms with E-state index in [9.17, 15) is 10.2 Å². The van der Waals surface area contributed by atoms with Gasteiger partial charge in [-0.25, -0.2) is 0 Å². The number of anilines is 2. The van der Waals surface area contributed by atoms with Crippen molar-refractivity contribution in [3.05, 3.63) is 23.3 Å². The highest BCUT2D eigenvalue weighted by Crippen LogP contribution is 2.27. The molecule has 2 unspecified atom stereocenters. The number of nitrogen functional groups attached to an aromatic ring is 2. The first-order valence-corrected chi connectivity index (χ1v) is 5.13. The Balaban J connectivity index is 2.99. The first kappa shape index (κ1) is 12.8. The van der Waals surface area contributed by atoms with Gasteiger partial charge < -0.3 is 27.0 Å². The van der Waals surface area contributed by atoms with Gasteiger partial charge in [0.2, 0.25) is 0 Å². The number of nitrogens with one attached hydrogen (secondary N) is 1. The molecule has 90 valence electrons. The summed E-state index contributed by atoms with van der Waals surface area (Å²) in [5.41, 5.74) is 13.6. The van der Waals surface area contributed by atoms with E-state index in [-0.39, 0.29) is 0 Å². The Labute approximate surface area is 95.1 Å². The minimum atomic E-state index is -0.963. The summed E-state index contributed by atoms with van der Waals surface area (Å²) in [6.07, 6.45) is -1.83. The zero-order valence-corrected chi connectivity index (χ0v) is 9.57. The van der Waals surface area contributed by atoms with Gasteiger partial charge >= 0.3 is 0 Å². The second kappa shape index (κ2) is 5.16. The van der Waals surface area contributed by atoms with Gasteiger partial charge in [-0.1, -0.05) is 0 Å². The summed E-state index contributed by atoms with van der Waals surface area (Å²) in [5.74, 6) is 0. The van der Waals surface area contributed by atoms with Crippen LogP contribution in [-0.4, -0.2) is 29.9 Å². The molecule has 1 rings (SSSR count). The summed E-state index contributed by atoms with van der Waals surface area (Å²) in [6.45, 7) is 2.13. The van der Waals surface area contributed by atoms with E-state index in [1.807, 2.05) is 6.92 Å². The highest BCUT2D eigenvalue weighted by molar-refractivity contribution is 5.66. The lowest BCUT2D eigenvalue weighted by Crippen LogP contribution is -2.30. The standard InChI is InChI=1S/C11H19N3O2/c1-6-3-8(12)9(13)4-7(6)11(16)10(15)5-14-2/h3-4,10-11,14-16H,5,12-13H2,1-2H3. The van der Waals surface area contributed by atoms with Gasteiger partial charge in [0.15, 0.2) is 0 Å². The van der Waals surface area contributed by atoms with Crippen LogP contribution in [0.15, 0.2) is 12.1 Å². The zero-order chi connectivity index (χ0) is 12.3. The molecule has 1 aromatic rings. The van der Waals surface area contributed by atoms with Crippen molar-refractivity contribution in [1.29, 1.82) is 0 Å². The van der Waals surface area contributed by atoms with Crippen molar-refractivity contribution in [3.63, 3.8) is 0 Å². The normalized spacial score (nSPS) is 14.8. The number of hydrogen-bond acceptors (Lipinski definition) is 5. The molecule has 5 nitrogen and oxygen atoms in total. The van der Waals surface area contributed by atoms with Gasteiger partial charge in [-0.05, 0) is 37.2 Å². The van der Waals surface area contributed by atoms with E-state index in [0.717, 1.165) is 5.56 Å². The molecule has 0 saturated carbocycles. The third kappa shape index (κ3) is 2.63. The molecule has 0 aliphatic heterocycles. The number of aliphatic hydroxyl groups excluding tert-OH is 2. The molecule has 0 saturated heterocycles. The van der Waals surface area contributed by atoms with Crippen LogP contribution in [0.4, 0.5) is 11.4 Å². The van der Waals surface area contributed by atoms with E-state index in [0.29, 0.717) is 23.5 Å². The molecule has 0 aromatic heterocycles. The number of likely N-dealkylation sites (N-methyl/N-ethyl adjacent to an activating group) is 1. The Hall–Kier alpha value is -1.30. The Bertz CT molecular complexity index is 368. The minimum absolute atomic E-state index is 0.310. The van der Waals surface area contributed by atoms with Gasteiger partial charge in [0.05, 0.1) is 17.5 Å². The van der Waals surface area contributed by atoms with Crippen molar-refractivity contribution in [1.82, 2.24) is 5.32 Å². The van der Waals surface area contributed by atoms with E-state index in [2.05, 4.69) is 5.32 Å². The topological polar surface area (TPSA) is 105 Å². The summed E-state index contributed by atoms with van der Waals surface area (Å²) in [7, 11) is 1.71. The van der Waals surface area contributed by atoms with E-state index in [4.69, 9.17) is 11.5 Å². The molecule has 16 heavy (non-hydrogen) atoms. The monoisotopic (exact) mass is 225 g/mol. The summed E-state index contributed by atoms with van der Waals surface area (Å²) in [5, 5.41) is 22.4. The maximum atomic E-state index is 9.93. The van der Waals surface area contributed by atoms with Crippen LogP contribution in [0, 0.1) is 6.92 Å². The molecule has 5 heteroatoms. The Kier molecular flexibility index (Phi) is 4.12. The van der Waals surface area contributed by atoms with Crippen molar-refractivity contribution in [2.45, 2.75) is 19.1 Å². The third-order valence-corrected chi connectivity index (χ3v) is 2.57. The van der Waals surface area contributed by atoms with Crippen LogP contribution in [0.1, 0.15) is 17.2 Å². The van der Waals surface area contributed by atoms with E-state index in [1.54, 1.807) is 19.2 Å². The summed E-state index contributed by atoms with van der Waals surface area (Å²) in [6, 6.07) is 3.30.